The van der Waals surface area contributed by atoms with Crippen molar-refractivity contribution in [3.05, 3.63) is 0 Å². The van der Waals surface area contributed by atoms with Gasteiger partial charge >= 0.3 is 45.4 Å². The van der Waals surface area contributed by atoms with Gasteiger partial charge in [-0.25, -0.2) is 0 Å². The summed E-state index contributed by atoms with van der Waals surface area (Å²) in [5.74, 6) is 0. The molecule has 0 N–H and O–H groups in total. The molecule has 0 fully saturated rings. The van der Waals surface area contributed by atoms with Gasteiger partial charge in [0.15, 0.2) is 17.4 Å². The van der Waals surface area contributed by atoms with E-state index in [2.05, 4.69) is 0 Å². The molecule has 74 valence electrons. The summed E-state index contributed by atoms with van der Waals surface area (Å²) in [6, 6.07) is 0. The van der Waals surface area contributed by atoms with Gasteiger partial charge in [-0.3, -0.25) is 0 Å². The number of ether oxygens (including phenoxy) is 2. The van der Waals surface area contributed by atoms with Crippen LogP contribution in [-0.2, 0) is 17.1 Å². The molecule has 0 aliphatic carbocycles. The van der Waals surface area contributed by atoms with Gasteiger partial charge in [0, 0.05) is 27.4 Å². The summed E-state index contributed by atoms with van der Waals surface area (Å²) in [5, 5.41) is 0. The third-order valence-corrected chi connectivity index (χ3v) is 1.94. The molecule has 0 saturated heterocycles. The second-order valence-electron chi connectivity index (χ2n) is 1.92. The SMILES string of the molecule is COCC[O][AlH][O]CCOC.[AlH3].[H-].[Na+]. The Bertz CT molecular complexity index is 76.9. The van der Waals surface area contributed by atoms with Crippen molar-refractivity contribution in [2.45, 2.75) is 0 Å². The van der Waals surface area contributed by atoms with E-state index in [-0.39, 0.29) is 48.3 Å². The first-order valence-electron chi connectivity index (χ1n) is 3.55. The van der Waals surface area contributed by atoms with Gasteiger partial charge in [0.25, 0.3) is 0 Å². The molecule has 0 amide bonds. The molecule has 0 spiro atoms. The normalized spacial score (nSPS) is 8.46. The Kier molecular flexibility index (Phi) is 30.5. The van der Waals surface area contributed by atoms with Gasteiger partial charge < -0.3 is 18.5 Å². The molecular formula is C6H19Al2NaO4. The molecule has 0 aliphatic heterocycles. The molecule has 0 unspecified atom stereocenters. The Morgan fingerprint density at radius 2 is 1.31 bits per heavy atom. The van der Waals surface area contributed by atoms with Crippen molar-refractivity contribution < 1.29 is 48.0 Å². The standard InChI is InChI=1S/2C3H7O2.2Al.Na.5H/c2*1-5-3-2-4;;;;;;;;/h2*2-3H2,1H3;;;;;;;;/q2*-1;;+2;+1;;;;;-1. The van der Waals surface area contributed by atoms with Crippen molar-refractivity contribution in [1.29, 1.82) is 0 Å². The van der Waals surface area contributed by atoms with Gasteiger partial charge in [0.2, 0.25) is 0 Å². The number of rotatable bonds is 8. The number of hydrogen-bond donors (Lipinski definition) is 0. The molecule has 0 rings (SSSR count). The first-order valence-corrected chi connectivity index (χ1v) is 4.70. The number of hydrogen-bond acceptors (Lipinski definition) is 4. The molecule has 4 nitrogen and oxygen atoms in total. The molecule has 0 aromatic carbocycles. The Labute approximate surface area is 121 Å². The fourth-order valence-corrected chi connectivity index (χ4v) is 1.05. The predicted molar refractivity (Wildman–Crippen MR) is 53.9 cm³/mol. The van der Waals surface area contributed by atoms with Crippen LogP contribution in [0.25, 0.3) is 0 Å². The van der Waals surface area contributed by atoms with Gasteiger partial charge in [-0.2, -0.15) is 0 Å². The molecular weight excluding hydrogens is 213 g/mol. The fourth-order valence-electron chi connectivity index (χ4n) is 0.461. The van der Waals surface area contributed by atoms with Crippen molar-refractivity contribution in [1.82, 2.24) is 0 Å². The van der Waals surface area contributed by atoms with Gasteiger partial charge in [0.05, 0.1) is 13.2 Å². The van der Waals surface area contributed by atoms with Crippen LogP contribution in [0.2, 0.25) is 0 Å². The first kappa shape index (κ1) is 20.3. The van der Waals surface area contributed by atoms with E-state index in [9.17, 15) is 0 Å². The molecule has 0 atom stereocenters. The molecule has 0 aliphatic rings. The summed E-state index contributed by atoms with van der Waals surface area (Å²) in [4.78, 5) is 0. The molecule has 0 aromatic heterocycles. The summed E-state index contributed by atoms with van der Waals surface area (Å²) in [6.45, 7) is 2.55. The fraction of sp³-hybridized carbons (Fsp3) is 1.00. The summed E-state index contributed by atoms with van der Waals surface area (Å²) < 4.78 is 19.9. The Balaban J connectivity index is -0.000000167. The van der Waals surface area contributed by atoms with E-state index in [1.165, 1.54) is 0 Å². The van der Waals surface area contributed by atoms with Crippen LogP contribution < -0.4 is 29.6 Å². The van der Waals surface area contributed by atoms with Gasteiger partial charge in [-0.1, -0.05) is 0 Å². The zero-order valence-electron chi connectivity index (χ0n) is 9.17. The Morgan fingerprint density at radius 3 is 1.62 bits per heavy atom. The van der Waals surface area contributed by atoms with Crippen molar-refractivity contribution in [2.75, 3.05) is 40.6 Å². The van der Waals surface area contributed by atoms with E-state index in [4.69, 9.17) is 17.1 Å². The minimum atomic E-state index is -0.789. The maximum absolute atomic E-state index is 5.16. The third-order valence-electron chi connectivity index (χ3n) is 1.03. The van der Waals surface area contributed by atoms with Crippen molar-refractivity contribution in [3.63, 3.8) is 0 Å². The van der Waals surface area contributed by atoms with Crippen LogP contribution in [0.4, 0.5) is 0 Å². The number of methoxy groups -OCH3 is 2. The molecule has 0 heterocycles. The minimum Gasteiger partial charge on any atom is -1.00 e. The maximum Gasteiger partial charge on any atom is 1.00 e. The monoisotopic (exact) mass is 232 g/mol. The van der Waals surface area contributed by atoms with E-state index in [0.29, 0.717) is 26.4 Å². The molecule has 0 bridgehead atoms. The minimum absolute atomic E-state index is 0. The molecule has 13 heavy (non-hydrogen) atoms. The van der Waals surface area contributed by atoms with Crippen LogP contribution >= 0.6 is 0 Å². The summed E-state index contributed by atoms with van der Waals surface area (Å²) >= 11 is -0.789. The van der Waals surface area contributed by atoms with Crippen LogP contribution in [0.3, 0.4) is 0 Å². The summed E-state index contributed by atoms with van der Waals surface area (Å²) in [7, 11) is 3.30. The van der Waals surface area contributed by atoms with Crippen LogP contribution in [0.5, 0.6) is 0 Å². The van der Waals surface area contributed by atoms with Gasteiger partial charge in [-0.15, -0.1) is 0 Å². The topological polar surface area (TPSA) is 36.9 Å². The largest absolute Gasteiger partial charge is 1.00 e. The van der Waals surface area contributed by atoms with Crippen molar-refractivity contribution in [3.8, 4) is 0 Å². The van der Waals surface area contributed by atoms with E-state index >= 15 is 0 Å². The molecule has 0 radical (unpaired) electrons. The summed E-state index contributed by atoms with van der Waals surface area (Å²) in [5.41, 5.74) is 0. The molecule has 7 heteroatoms. The predicted octanol–water partition coefficient (Wildman–Crippen LogP) is -4.49. The Hall–Kier alpha value is 1.90. The zero-order valence-corrected chi connectivity index (χ0v) is 11.6. The maximum atomic E-state index is 5.16. The molecule has 0 aromatic rings. The average Bonchev–Trinajstić information content (AvgIpc) is 2.03. The van der Waals surface area contributed by atoms with Crippen LogP contribution in [0.15, 0.2) is 0 Å². The van der Waals surface area contributed by atoms with E-state index in [1.54, 1.807) is 14.2 Å². The van der Waals surface area contributed by atoms with E-state index in [1.807, 2.05) is 0 Å². The van der Waals surface area contributed by atoms with Crippen LogP contribution in [0, 0.1) is 0 Å². The van der Waals surface area contributed by atoms with Gasteiger partial charge in [-0.05, 0) is 0 Å². The Morgan fingerprint density at radius 1 is 0.923 bits per heavy atom. The van der Waals surface area contributed by atoms with E-state index < -0.39 is 15.9 Å². The smallest absolute Gasteiger partial charge is 1.00 e. The van der Waals surface area contributed by atoms with Crippen LogP contribution in [-0.4, -0.2) is 73.9 Å². The quantitative estimate of drug-likeness (QED) is 0.312. The second-order valence-corrected chi connectivity index (χ2v) is 2.97. The van der Waals surface area contributed by atoms with Gasteiger partial charge in [0.1, 0.15) is 0 Å². The van der Waals surface area contributed by atoms with E-state index in [0.717, 1.165) is 0 Å². The second kappa shape index (κ2) is 19.5. The average molecular weight is 232 g/mol. The van der Waals surface area contributed by atoms with Crippen LogP contribution in [0.1, 0.15) is 1.43 Å². The summed E-state index contributed by atoms with van der Waals surface area (Å²) in [6.07, 6.45) is 0. The van der Waals surface area contributed by atoms with Crippen molar-refractivity contribution in [2.24, 2.45) is 0 Å². The van der Waals surface area contributed by atoms with Crippen molar-refractivity contribution >= 4 is 33.2 Å². The zero-order chi connectivity index (χ0) is 8.36. The first-order chi connectivity index (χ1) is 5.41. The molecule has 0 saturated carbocycles. The third kappa shape index (κ3) is 20.1.